The molecule has 0 fully saturated rings. The number of H-pyrrole nitrogens is 1. The second kappa shape index (κ2) is 9.40. The Balaban J connectivity index is 1.83. The summed E-state index contributed by atoms with van der Waals surface area (Å²) < 4.78 is 1.31. The van der Waals surface area contributed by atoms with Crippen molar-refractivity contribution in [2.24, 2.45) is 5.92 Å². The first kappa shape index (κ1) is 21.8. The number of aromatic nitrogens is 4. The number of benzene rings is 2. The fourth-order valence-electron chi connectivity index (χ4n) is 3.24. The molecule has 2 aromatic carbocycles. The summed E-state index contributed by atoms with van der Waals surface area (Å²) in [4.78, 5) is 27.8. The van der Waals surface area contributed by atoms with E-state index in [1.807, 2.05) is 61.5 Å². The van der Waals surface area contributed by atoms with E-state index in [0.717, 1.165) is 16.9 Å². The van der Waals surface area contributed by atoms with Gasteiger partial charge in [-0.3, -0.25) is 14.7 Å². The highest BCUT2D eigenvalue weighted by Crippen LogP contribution is 2.32. The van der Waals surface area contributed by atoms with Crippen molar-refractivity contribution in [3.8, 4) is 11.3 Å². The Bertz CT molecular complexity index is 1310. The highest BCUT2D eigenvalue weighted by molar-refractivity contribution is 7.99. The number of hydrogen-bond donors (Lipinski definition) is 2. The first-order valence-electron chi connectivity index (χ1n) is 10.6. The average Bonchev–Trinajstić information content (AvgIpc) is 3.17. The minimum Gasteiger partial charge on any atom is -0.350 e. The third-order valence-corrected chi connectivity index (χ3v) is 6.40. The summed E-state index contributed by atoms with van der Waals surface area (Å²) in [6.07, 6.45) is 0.962. The summed E-state index contributed by atoms with van der Waals surface area (Å²) in [6, 6.07) is 17.2. The van der Waals surface area contributed by atoms with E-state index in [1.165, 1.54) is 16.3 Å². The number of rotatable bonds is 7. The Morgan fingerprint density at radius 1 is 1.16 bits per heavy atom. The van der Waals surface area contributed by atoms with Gasteiger partial charge < -0.3 is 5.32 Å². The van der Waals surface area contributed by atoms with Crippen LogP contribution in [0, 0.1) is 12.8 Å². The van der Waals surface area contributed by atoms with Gasteiger partial charge in [0, 0.05) is 17.0 Å². The van der Waals surface area contributed by atoms with Gasteiger partial charge >= 0.3 is 0 Å². The van der Waals surface area contributed by atoms with Gasteiger partial charge in [-0.2, -0.15) is 4.52 Å². The van der Waals surface area contributed by atoms with E-state index in [1.54, 1.807) is 0 Å². The van der Waals surface area contributed by atoms with Crippen LogP contribution in [0.5, 0.6) is 0 Å². The molecule has 2 aromatic heterocycles. The number of aromatic amines is 1. The molecule has 0 aliphatic carbocycles. The van der Waals surface area contributed by atoms with Crippen molar-refractivity contribution in [3.05, 3.63) is 76.2 Å². The number of carbonyl (C=O) groups excluding carboxylic acids is 1. The summed E-state index contributed by atoms with van der Waals surface area (Å²) in [5.41, 5.74) is 2.22. The Morgan fingerprint density at radius 2 is 1.94 bits per heavy atom. The molecule has 8 heteroatoms. The lowest BCUT2D eigenvalue weighted by molar-refractivity contribution is 0.0939. The smallest absolute Gasteiger partial charge is 0.299 e. The van der Waals surface area contributed by atoms with Crippen LogP contribution in [0.1, 0.15) is 36.3 Å². The maximum atomic E-state index is 13.3. The molecule has 1 atom stereocenters. The van der Waals surface area contributed by atoms with E-state index in [-0.39, 0.29) is 17.2 Å². The molecule has 0 aliphatic heterocycles. The molecule has 32 heavy (non-hydrogen) atoms. The molecular weight excluding hydrogens is 422 g/mol. The maximum absolute atomic E-state index is 13.3. The zero-order valence-electron chi connectivity index (χ0n) is 18.3. The topological polar surface area (TPSA) is 92.2 Å². The van der Waals surface area contributed by atoms with Crippen molar-refractivity contribution in [2.45, 2.75) is 37.0 Å². The van der Waals surface area contributed by atoms with E-state index in [4.69, 9.17) is 0 Å². The lowest BCUT2D eigenvalue weighted by Crippen LogP contribution is -2.29. The number of hydrogen-bond acceptors (Lipinski definition) is 5. The third kappa shape index (κ3) is 4.45. The SMILES string of the molecule is CCC(C)CNC(=O)c1[nH]n2c(=O)c(-c3cccc(C)c3)nnc2c1Sc1ccccc1. The van der Waals surface area contributed by atoms with Crippen molar-refractivity contribution in [1.82, 2.24) is 25.1 Å². The van der Waals surface area contributed by atoms with E-state index >= 15 is 0 Å². The summed E-state index contributed by atoms with van der Waals surface area (Å²) in [6.45, 7) is 6.67. The molecule has 0 saturated carbocycles. The van der Waals surface area contributed by atoms with Crippen LogP contribution in [-0.4, -0.2) is 32.3 Å². The minimum atomic E-state index is -0.350. The lowest BCUT2D eigenvalue weighted by Gasteiger charge is -2.10. The van der Waals surface area contributed by atoms with Crippen LogP contribution in [0.15, 0.2) is 69.2 Å². The van der Waals surface area contributed by atoms with Crippen molar-refractivity contribution in [3.63, 3.8) is 0 Å². The molecule has 1 amide bonds. The predicted molar refractivity (Wildman–Crippen MR) is 126 cm³/mol. The van der Waals surface area contributed by atoms with Crippen LogP contribution < -0.4 is 10.9 Å². The first-order chi connectivity index (χ1) is 15.5. The van der Waals surface area contributed by atoms with Gasteiger partial charge in [0.2, 0.25) is 0 Å². The van der Waals surface area contributed by atoms with Crippen molar-refractivity contribution >= 4 is 23.3 Å². The molecule has 2 N–H and O–H groups in total. The molecule has 0 radical (unpaired) electrons. The quantitative estimate of drug-likeness (QED) is 0.440. The summed E-state index contributed by atoms with van der Waals surface area (Å²) in [7, 11) is 0. The molecule has 2 heterocycles. The predicted octanol–water partition coefficient (Wildman–Crippen LogP) is 4.32. The van der Waals surface area contributed by atoms with Gasteiger partial charge in [-0.25, -0.2) is 0 Å². The molecule has 0 bridgehead atoms. The zero-order chi connectivity index (χ0) is 22.7. The third-order valence-electron chi connectivity index (χ3n) is 5.31. The van der Waals surface area contributed by atoms with Gasteiger partial charge in [0.15, 0.2) is 11.3 Å². The van der Waals surface area contributed by atoms with Crippen molar-refractivity contribution in [1.29, 1.82) is 0 Å². The van der Waals surface area contributed by atoms with Gasteiger partial charge in [0.25, 0.3) is 11.5 Å². The minimum absolute atomic E-state index is 0.232. The van der Waals surface area contributed by atoms with Crippen LogP contribution in [0.2, 0.25) is 0 Å². The van der Waals surface area contributed by atoms with Crippen molar-refractivity contribution < 1.29 is 4.79 Å². The fourth-order valence-corrected chi connectivity index (χ4v) is 4.23. The Labute approximate surface area is 190 Å². The standard InChI is InChI=1S/C24H25N5O2S/c1-4-15(2)14-25-23(30)20-21(32-18-11-6-5-7-12-18)22-27-26-19(24(31)29(22)28-20)17-10-8-9-16(3)13-17/h5-13,15,28H,4,14H2,1-3H3,(H,25,30). The molecule has 4 rings (SSSR count). The average molecular weight is 448 g/mol. The molecule has 1 unspecified atom stereocenters. The van der Waals surface area contributed by atoms with Gasteiger partial charge in [0.05, 0.1) is 4.90 Å². The summed E-state index contributed by atoms with van der Waals surface area (Å²) in [5, 5.41) is 14.5. The van der Waals surface area contributed by atoms with Crippen LogP contribution in [-0.2, 0) is 0 Å². The Hall–Kier alpha value is -3.39. The monoisotopic (exact) mass is 447 g/mol. The lowest BCUT2D eigenvalue weighted by atomic mass is 10.1. The van der Waals surface area contributed by atoms with Crippen LogP contribution in [0.3, 0.4) is 0 Å². The zero-order valence-corrected chi connectivity index (χ0v) is 19.1. The van der Waals surface area contributed by atoms with Crippen LogP contribution in [0.4, 0.5) is 0 Å². The normalized spacial score (nSPS) is 12.1. The first-order valence-corrected chi connectivity index (χ1v) is 11.4. The number of amides is 1. The van der Waals surface area contributed by atoms with Crippen LogP contribution >= 0.6 is 11.8 Å². The maximum Gasteiger partial charge on any atom is 0.299 e. The fraction of sp³-hybridized carbons (Fsp3) is 0.250. The van der Waals surface area contributed by atoms with E-state index < -0.39 is 0 Å². The van der Waals surface area contributed by atoms with Gasteiger partial charge in [-0.1, -0.05) is 74.0 Å². The highest BCUT2D eigenvalue weighted by atomic mass is 32.2. The molecule has 7 nitrogen and oxygen atoms in total. The highest BCUT2D eigenvalue weighted by Gasteiger charge is 2.23. The van der Waals surface area contributed by atoms with Gasteiger partial charge in [0.1, 0.15) is 5.69 Å². The second-order valence-electron chi connectivity index (χ2n) is 7.84. The number of nitrogens with zero attached hydrogens (tertiary/aromatic N) is 3. The molecule has 0 saturated heterocycles. The molecule has 164 valence electrons. The van der Waals surface area contributed by atoms with E-state index in [0.29, 0.717) is 34.3 Å². The number of aryl methyl sites for hydroxylation is 1. The van der Waals surface area contributed by atoms with E-state index in [9.17, 15) is 9.59 Å². The molecular formula is C24H25N5O2S. The molecule has 0 spiro atoms. The largest absolute Gasteiger partial charge is 0.350 e. The molecule has 0 aliphatic rings. The molecule has 4 aromatic rings. The number of nitrogens with one attached hydrogen (secondary N) is 2. The summed E-state index contributed by atoms with van der Waals surface area (Å²) >= 11 is 1.38. The number of carbonyl (C=O) groups is 1. The Kier molecular flexibility index (Phi) is 6.41. The van der Waals surface area contributed by atoms with E-state index in [2.05, 4.69) is 34.5 Å². The summed E-state index contributed by atoms with van der Waals surface area (Å²) in [5.74, 6) is 0.0785. The second-order valence-corrected chi connectivity index (χ2v) is 8.92. The van der Waals surface area contributed by atoms with Crippen LogP contribution in [0.25, 0.3) is 16.9 Å². The van der Waals surface area contributed by atoms with Gasteiger partial charge in [-0.15, -0.1) is 10.2 Å². The van der Waals surface area contributed by atoms with Gasteiger partial charge in [-0.05, 0) is 31.0 Å². The number of fused-ring (bicyclic) bond motifs is 1. The Morgan fingerprint density at radius 3 is 2.66 bits per heavy atom. The van der Waals surface area contributed by atoms with Crippen molar-refractivity contribution in [2.75, 3.05) is 6.54 Å².